The lowest BCUT2D eigenvalue weighted by atomic mass is 10.4. The summed E-state index contributed by atoms with van der Waals surface area (Å²) in [6.07, 6.45) is 2.18. The maximum atomic E-state index is 11.3. The van der Waals surface area contributed by atoms with Crippen molar-refractivity contribution in [2.45, 2.75) is 4.90 Å². The molecule has 1 aromatic heterocycles. The van der Waals surface area contributed by atoms with E-state index in [0.29, 0.717) is 0 Å². The second-order valence-corrected chi connectivity index (χ2v) is 4.67. The van der Waals surface area contributed by atoms with Crippen molar-refractivity contribution < 1.29 is 13.5 Å². The van der Waals surface area contributed by atoms with Crippen molar-refractivity contribution in [2.75, 3.05) is 6.26 Å². The van der Waals surface area contributed by atoms with Crippen molar-refractivity contribution in [3.8, 4) is 5.75 Å². The van der Waals surface area contributed by atoms with Gasteiger partial charge in [0, 0.05) is 19.5 Å². The van der Waals surface area contributed by atoms with Crippen LogP contribution in [0.3, 0.4) is 0 Å². The van der Waals surface area contributed by atoms with Crippen LogP contribution in [0.25, 0.3) is 0 Å². The van der Waals surface area contributed by atoms with Gasteiger partial charge in [0.05, 0.1) is 0 Å². The number of aromatic hydroxyl groups is 1. The van der Waals surface area contributed by atoms with Crippen LogP contribution in [-0.4, -0.2) is 24.3 Å². The summed E-state index contributed by atoms with van der Waals surface area (Å²) < 4.78 is 23.2. The summed E-state index contributed by atoms with van der Waals surface area (Å²) in [6.45, 7) is 0. The van der Waals surface area contributed by atoms with Gasteiger partial charge in [0.25, 0.3) is 5.56 Å². The Morgan fingerprint density at radius 1 is 1.46 bits per heavy atom. The molecule has 0 amide bonds. The number of sulfone groups is 1. The summed E-state index contributed by atoms with van der Waals surface area (Å²) in [7, 11) is -2.26. The van der Waals surface area contributed by atoms with E-state index in [4.69, 9.17) is 5.11 Å². The molecule has 0 aliphatic carbocycles. The highest BCUT2D eigenvalue weighted by molar-refractivity contribution is 7.90. The first kappa shape index (κ1) is 9.79. The maximum Gasteiger partial charge on any atom is 0.272 e. The third kappa shape index (κ3) is 1.72. The summed E-state index contributed by atoms with van der Waals surface area (Å²) in [5, 5.41) is 9.16. The minimum Gasteiger partial charge on any atom is -0.506 e. The van der Waals surface area contributed by atoms with Gasteiger partial charge in [-0.05, 0) is 6.07 Å². The Labute approximate surface area is 75.2 Å². The predicted octanol–water partition coefficient (Wildman–Crippen LogP) is -0.506. The van der Waals surface area contributed by atoms with Crippen LogP contribution in [-0.2, 0) is 16.9 Å². The molecule has 1 heterocycles. The van der Waals surface area contributed by atoms with Crippen molar-refractivity contribution in [3.05, 3.63) is 22.6 Å². The summed E-state index contributed by atoms with van der Waals surface area (Å²) in [6, 6.07) is 1.16. The molecule has 0 saturated heterocycles. The predicted molar refractivity (Wildman–Crippen MR) is 46.5 cm³/mol. The first-order valence-electron chi connectivity index (χ1n) is 3.42. The molecule has 0 spiro atoms. The zero-order valence-corrected chi connectivity index (χ0v) is 8.00. The third-order valence-electron chi connectivity index (χ3n) is 1.57. The molecule has 13 heavy (non-hydrogen) atoms. The van der Waals surface area contributed by atoms with E-state index in [2.05, 4.69) is 0 Å². The standard InChI is InChI=1S/C7H9NO4S/c1-8-4-3-5(9)6(7(8)10)13(2,11)12/h3-4,9H,1-2H3. The Bertz CT molecular complexity index is 486. The van der Waals surface area contributed by atoms with Crippen LogP contribution in [0.1, 0.15) is 0 Å². The Kier molecular flexibility index (Phi) is 2.17. The van der Waals surface area contributed by atoms with E-state index in [9.17, 15) is 13.2 Å². The molecular weight excluding hydrogens is 194 g/mol. The Hall–Kier alpha value is -1.30. The van der Waals surface area contributed by atoms with Gasteiger partial charge in [-0.2, -0.15) is 0 Å². The highest BCUT2D eigenvalue weighted by Gasteiger charge is 2.18. The number of hydrogen-bond acceptors (Lipinski definition) is 4. The average molecular weight is 203 g/mol. The van der Waals surface area contributed by atoms with E-state index < -0.39 is 26.0 Å². The molecule has 72 valence electrons. The van der Waals surface area contributed by atoms with Crippen molar-refractivity contribution in [1.82, 2.24) is 4.57 Å². The first-order valence-corrected chi connectivity index (χ1v) is 5.32. The normalized spacial score (nSPS) is 11.5. The molecule has 0 unspecified atom stereocenters. The third-order valence-corrected chi connectivity index (χ3v) is 2.70. The minimum absolute atomic E-state index is 0.509. The number of aromatic nitrogens is 1. The van der Waals surface area contributed by atoms with Crippen LogP contribution in [0.2, 0.25) is 0 Å². The zero-order chi connectivity index (χ0) is 10.2. The summed E-state index contributed by atoms with van der Waals surface area (Å²) in [5.74, 6) is -0.509. The van der Waals surface area contributed by atoms with Crippen LogP contribution in [0.5, 0.6) is 5.75 Å². The number of aryl methyl sites for hydroxylation is 1. The van der Waals surface area contributed by atoms with E-state index in [0.717, 1.165) is 16.9 Å². The molecule has 1 N–H and O–H groups in total. The van der Waals surface area contributed by atoms with Crippen LogP contribution in [0.4, 0.5) is 0 Å². The highest BCUT2D eigenvalue weighted by atomic mass is 32.2. The van der Waals surface area contributed by atoms with Gasteiger partial charge in [-0.3, -0.25) is 4.79 Å². The van der Waals surface area contributed by atoms with Gasteiger partial charge in [-0.1, -0.05) is 0 Å². The van der Waals surface area contributed by atoms with Gasteiger partial charge >= 0.3 is 0 Å². The lowest BCUT2D eigenvalue weighted by Crippen LogP contribution is -2.22. The molecular formula is C7H9NO4S. The molecule has 0 aliphatic rings. The molecule has 0 atom stereocenters. The molecule has 1 rings (SSSR count). The van der Waals surface area contributed by atoms with Gasteiger partial charge in [0.2, 0.25) is 0 Å². The monoisotopic (exact) mass is 203 g/mol. The van der Waals surface area contributed by atoms with E-state index >= 15 is 0 Å². The number of hydrogen-bond donors (Lipinski definition) is 1. The Morgan fingerprint density at radius 2 is 2.00 bits per heavy atom. The molecule has 0 aliphatic heterocycles. The fraction of sp³-hybridized carbons (Fsp3) is 0.286. The number of rotatable bonds is 1. The maximum absolute atomic E-state index is 11.3. The van der Waals surface area contributed by atoms with Crippen molar-refractivity contribution in [3.63, 3.8) is 0 Å². The van der Waals surface area contributed by atoms with E-state index in [-0.39, 0.29) is 0 Å². The smallest absolute Gasteiger partial charge is 0.272 e. The van der Waals surface area contributed by atoms with Crippen LogP contribution >= 0.6 is 0 Å². The fourth-order valence-corrected chi connectivity index (χ4v) is 1.85. The van der Waals surface area contributed by atoms with Crippen LogP contribution < -0.4 is 5.56 Å². The summed E-state index contributed by atoms with van der Waals surface area (Å²) >= 11 is 0. The number of nitrogens with zero attached hydrogens (tertiary/aromatic N) is 1. The molecule has 6 heteroatoms. The Morgan fingerprint density at radius 3 is 2.38 bits per heavy atom. The van der Waals surface area contributed by atoms with Gasteiger partial charge in [-0.15, -0.1) is 0 Å². The van der Waals surface area contributed by atoms with Crippen molar-refractivity contribution in [2.24, 2.45) is 7.05 Å². The van der Waals surface area contributed by atoms with E-state index in [1.807, 2.05) is 0 Å². The van der Waals surface area contributed by atoms with Gasteiger partial charge in [-0.25, -0.2) is 8.42 Å². The van der Waals surface area contributed by atoms with Crippen LogP contribution in [0, 0.1) is 0 Å². The second-order valence-electron chi connectivity index (χ2n) is 2.72. The lowest BCUT2D eigenvalue weighted by molar-refractivity contribution is 0.453. The molecule has 1 aromatic rings. The van der Waals surface area contributed by atoms with E-state index in [1.54, 1.807) is 0 Å². The molecule has 0 saturated carbocycles. The zero-order valence-electron chi connectivity index (χ0n) is 7.18. The highest BCUT2D eigenvalue weighted by Crippen LogP contribution is 2.16. The quantitative estimate of drug-likeness (QED) is 0.667. The average Bonchev–Trinajstić information content (AvgIpc) is 1.95. The molecule has 5 nitrogen and oxygen atoms in total. The molecule has 0 radical (unpaired) electrons. The number of pyridine rings is 1. The SMILES string of the molecule is Cn1ccc(O)c(S(C)(=O)=O)c1=O. The van der Waals surface area contributed by atoms with Gasteiger partial charge < -0.3 is 9.67 Å². The summed E-state index contributed by atoms with van der Waals surface area (Å²) in [5.41, 5.74) is -0.720. The van der Waals surface area contributed by atoms with Crippen molar-refractivity contribution >= 4 is 9.84 Å². The van der Waals surface area contributed by atoms with Gasteiger partial charge in [0.1, 0.15) is 5.75 Å². The molecule has 0 fully saturated rings. The lowest BCUT2D eigenvalue weighted by Gasteiger charge is -2.02. The molecule has 0 bridgehead atoms. The fourth-order valence-electron chi connectivity index (χ4n) is 0.944. The second kappa shape index (κ2) is 2.88. The summed E-state index contributed by atoms with van der Waals surface area (Å²) in [4.78, 5) is 10.7. The molecule has 0 aromatic carbocycles. The van der Waals surface area contributed by atoms with Crippen LogP contribution in [0.15, 0.2) is 22.0 Å². The minimum atomic E-state index is -3.67. The van der Waals surface area contributed by atoms with E-state index in [1.165, 1.54) is 13.2 Å². The topological polar surface area (TPSA) is 76.4 Å². The first-order chi connectivity index (χ1) is 5.84. The largest absolute Gasteiger partial charge is 0.506 e. The Balaban J connectivity index is 3.73. The van der Waals surface area contributed by atoms with Crippen molar-refractivity contribution in [1.29, 1.82) is 0 Å². The van der Waals surface area contributed by atoms with Gasteiger partial charge in [0.15, 0.2) is 14.7 Å².